The van der Waals surface area contributed by atoms with Crippen molar-refractivity contribution in [3.8, 4) is 0 Å². The normalized spacial score (nSPS) is 23.4. The summed E-state index contributed by atoms with van der Waals surface area (Å²) in [6, 6.07) is 0. The fraction of sp³-hybridized carbons (Fsp3) is 0.933. The smallest absolute Gasteiger partial charge is 0.225 e. The molecule has 0 radical (unpaired) electrons. The minimum absolute atomic E-state index is 0.0459. The number of hydrogen-bond donors (Lipinski definition) is 1. The minimum atomic E-state index is -0.0459. The van der Waals surface area contributed by atoms with E-state index in [1.54, 1.807) is 0 Å². The van der Waals surface area contributed by atoms with E-state index >= 15 is 0 Å². The van der Waals surface area contributed by atoms with Crippen LogP contribution in [-0.4, -0.2) is 73.4 Å². The van der Waals surface area contributed by atoms with Gasteiger partial charge in [0.05, 0.1) is 25.2 Å². The molecule has 2 aliphatic heterocycles. The van der Waals surface area contributed by atoms with Crippen LogP contribution in [-0.2, 0) is 9.53 Å². The lowest BCUT2D eigenvalue weighted by atomic mass is 9.85. The molecule has 5 nitrogen and oxygen atoms in total. The van der Waals surface area contributed by atoms with Gasteiger partial charge in [-0.3, -0.25) is 4.79 Å². The van der Waals surface area contributed by atoms with Crippen LogP contribution in [0.5, 0.6) is 0 Å². The maximum Gasteiger partial charge on any atom is 0.225 e. The Morgan fingerprint density at radius 1 is 1.30 bits per heavy atom. The van der Waals surface area contributed by atoms with E-state index in [0.29, 0.717) is 19.1 Å². The van der Waals surface area contributed by atoms with E-state index in [4.69, 9.17) is 4.74 Å². The Morgan fingerprint density at radius 2 is 1.90 bits per heavy atom. The Morgan fingerprint density at radius 3 is 2.30 bits per heavy atom. The third-order valence-electron chi connectivity index (χ3n) is 4.72. The maximum atomic E-state index is 12.3. The summed E-state index contributed by atoms with van der Waals surface area (Å²) in [4.78, 5) is 16.6. The van der Waals surface area contributed by atoms with Gasteiger partial charge in [-0.15, -0.1) is 0 Å². The Hall–Kier alpha value is -0.650. The molecule has 20 heavy (non-hydrogen) atoms. The van der Waals surface area contributed by atoms with Gasteiger partial charge in [0.1, 0.15) is 0 Å². The summed E-state index contributed by atoms with van der Waals surface area (Å²) in [5.41, 5.74) is -0.0459. The molecule has 116 valence electrons. The van der Waals surface area contributed by atoms with Gasteiger partial charge >= 0.3 is 0 Å². The molecule has 0 saturated carbocycles. The maximum absolute atomic E-state index is 12.3. The number of piperidine rings is 1. The van der Waals surface area contributed by atoms with Gasteiger partial charge < -0.3 is 19.6 Å². The van der Waals surface area contributed by atoms with E-state index in [-0.39, 0.29) is 17.9 Å². The van der Waals surface area contributed by atoms with Gasteiger partial charge in [-0.1, -0.05) is 0 Å². The van der Waals surface area contributed by atoms with Crippen molar-refractivity contribution >= 4 is 5.91 Å². The molecular formula is C15H28N2O3. The van der Waals surface area contributed by atoms with Crippen LogP contribution < -0.4 is 0 Å². The molecule has 1 N–H and O–H groups in total. The van der Waals surface area contributed by atoms with Crippen LogP contribution in [0.25, 0.3) is 0 Å². The van der Waals surface area contributed by atoms with Gasteiger partial charge in [0.15, 0.2) is 0 Å². The Kier molecular flexibility index (Phi) is 5.41. The van der Waals surface area contributed by atoms with Crippen LogP contribution >= 0.6 is 0 Å². The SMILES string of the molecule is CCN(CC)C(=O)C1CCN(CC2(CO)COC2)CC1. The second kappa shape index (κ2) is 6.87. The van der Waals surface area contributed by atoms with Crippen molar-refractivity contribution < 1.29 is 14.6 Å². The lowest BCUT2D eigenvalue weighted by Gasteiger charge is -2.45. The molecule has 0 aliphatic carbocycles. The van der Waals surface area contributed by atoms with Crippen LogP contribution in [0.4, 0.5) is 0 Å². The van der Waals surface area contributed by atoms with Crippen molar-refractivity contribution in [1.82, 2.24) is 9.80 Å². The number of nitrogens with zero attached hydrogens (tertiary/aromatic N) is 2. The third kappa shape index (κ3) is 3.32. The zero-order chi connectivity index (χ0) is 14.6. The van der Waals surface area contributed by atoms with Crippen molar-refractivity contribution in [1.29, 1.82) is 0 Å². The summed E-state index contributed by atoms with van der Waals surface area (Å²) >= 11 is 0. The topological polar surface area (TPSA) is 53.0 Å². The minimum Gasteiger partial charge on any atom is -0.396 e. The first kappa shape index (κ1) is 15.7. The summed E-state index contributed by atoms with van der Waals surface area (Å²) in [6.07, 6.45) is 1.88. The van der Waals surface area contributed by atoms with Crippen LogP contribution in [0.15, 0.2) is 0 Å². The second-order valence-corrected chi connectivity index (χ2v) is 6.21. The summed E-state index contributed by atoms with van der Waals surface area (Å²) in [7, 11) is 0. The largest absolute Gasteiger partial charge is 0.396 e. The van der Waals surface area contributed by atoms with E-state index in [2.05, 4.69) is 4.90 Å². The first-order valence-corrected chi connectivity index (χ1v) is 7.84. The lowest BCUT2D eigenvalue weighted by molar-refractivity contribution is -0.152. The molecule has 0 atom stereocenters. The Bertz CT molecular complexity index is 314. The van der Waals surface area contributed by atoms with Crippen LogP contribution in [0.3, 0.4) is 0 Å². The molecular weight excluding hydrogens is 256 g/mol. The van der Waals surface area contributed by atoms with Crippen molar-refractivity contribution in [2.45, 2.75) is 26.7 Å². The molecule has 0 bridgehead atoms. The van der Waals surface area contributed by atoms with E-state index in [0.717, 1.165) is 45.6 Å². The number of aliphatic hydroxyl groups excluding tert-OH is 1. The zero-order valence-electron chi connectivity index (χ0n) is 12.8. The first-order valence-electron chi connectivity index (χ1n) is 7.84. The highest BCUT2D eigenvalue weighted by Crippen LogP contribution is 2.30. The third-order valence-corrected chi connectivity index (χ3v) is 4.72. The lowest BCUT2D eigenvalue weighted by Crippen LogP contribution is -2.55. The van der Waals surface area contributed by atoms with Crippen LogP contribution in [0.1, 0.15) is 26.7 Å². The number of carbonyl (C=O) groups is 1. The van der Waals surface area contributed by atoms with Gasteiger partial charge in [-0.25, -0.2) is 0 Å². The summed E-state index contributed by atoms with van der Waals surface area (Å²) in [5.74, 6) is 0.507. The molecule has 0 aromatic heterocycles. The van der Waals surface area contributed by atoms with Gasteiger partial charge in [0, 0.05) is 25.6 Å². The average Bonchev–Trinajstić information content (AvgIpc) is 2.45. The first-order chi connectivity index (χ1) is 9.64. The molecule has 1 amide bonds. The number of rotatable bonds is 6. The summed E-state index contributed by atoms with van der Waals surface area (Å²) in [6.45, 7) is 10.0. The summed E-state index contributed by atoms with van der Waals surface area (Å²) < 4.78 is 5.24. The number of ether oxygens (including phenoxy) is 1. The molecule has 2 rings (SSSR count). The van der Waals surface area contributed by atoms with Crippen molar-refractivity contribution in [2.75, 3.05) is 52.5 Å². The monoisotopic (exact) mass is 284 g/mol. The predicted molar refractivity (Wildman–Crippen MR) is 77.4 cm³/mol. The Balaban J connectivity index is 1.79. The van der Waals surface area contributed by atoms with Gasteiger partial charge in [-0.2, -0.15) is 0 Å². The van der Waals surface area contributed by atoms with Crippen LogP contribution in [0, 0.1) is 11.3 Å². The highest BCUT2D eigenvalue weighted by molar-refractivity contribution is 5.78. The number of hydrogen-bond acceptors (Lipinski definition) is 4. The average molecular weight is 284 g/mol. The standard InChI is InChI=1S/C15H28N2O3/c1-3-17(4-2)14(19)13-5-7-16(8-6-13)9-15(10-18)11-20-12-15/h13,18H,3-12H2,1-2H3. The fourth-order valence-electron chi connectivity index (χ4n) is 3.23. The van der Waals surface area contributed by atoms with Crippen molar-refractivity contribution in [2.24, 2.45) is 11.3 Å². The van der Waals surface area contributed by atoms with Gasteiger partial charge in [0.25, 0.3) is 0 Å². The molecule has 0 spiro atoms. The van der Waals surface area contributed by atoms with Crippen molar-refractivity contribution in [3.05, 3.63) is 0 Å². The number of carbonyl (C=O) groups excluding carboxylic acids is 1. The Labute approximate surface area is 121 Å². The van der Waals surface area contributed by atoms with E-state index in [9.17, 15) is 9.90 Å². The van der Waals surface area contributed by atoms with Gasteiger partial charge in [-0.05, 0) is 39.8 Å². The van der Waals surface area contributed by atoms with E-state index in [1.807, 2.05) is 18.7 Å². The molecule has 5 heteroatoms. The predicted octanol–water partition coefficient (Wildman–Crippen LogP) is 0.576. The molecule has 0 aromatic carbocycles. The summed E-state index contributed by atoms with van der Waals surface area (Å²) in [5, 5.41) is 9.48. The van der Waals surface area contributed by atoms with Crippen molar-refractivity contribution in [3.63, 3.8) is 0 Å². The highest BCUT2D eigenvalue weighted by atomic mass is 16.5. The zero-order valence-corrected chi connectivity index (χ0v) is 12.8. The molecule has 2 fully saturated rings. The van der Waals surface area contributed by atoms with E-state index in [1.165, 1.54) is 0 Å². The molecule has 2 aliphatic rings. The highest BCUT2D eigenvalue weighted by Gasteiger charge is 2.40. The molecule has 0 aromatic rings. The molecule has 0 unspecified atom stereocenters. The molecule has 2 heterocycles. The number of aliphatic hydroxyl groups is 1. The fourth-order valence-corrected chi connectivity index (χ4v) is 3.23. The van der Waals surface area contributed by atoms with Crippen LogP contribution in [0.2, 0.25) is 0 Å². The number of likely N-dealkylation sites (tertiary alicyclic amines) is 1. The second-order valence-electron chi connectivity index (χ2n) is 6.21. The number of amides is 1. The van der Waals surface area contributed by atoms with E-state index < -0.39 is 0 Å². The molecule has 2 saturated heterocycles. The quantitative estimate of drug-likeness (QED) is 0.775. The van der Waals surface area contributed by atoms with Gasteiger partial charge in [0.2, 0.25) is 5.91 Å².